The molecule has 19 nitrogen and oxygen atoms in total. The summed E-state index contributed by atoms with van der Waals surface area (Å²) in [6, 6.07) is 0. The number of hydrogen-bond acceptors (Lipinski definition) is 18. The zero-order valence-corrected chi connectivity index (χ0v) is 25.3. The minimum atomic E-state index is -4.45. The number of aromatic nitrogens is 8. The van der Waals surface area contributed by atoms with E-state index in [4.69, 9.17) is 63.1 Å². The van der Waals surface area contributed by atoms with Gasteiger partial charge in [0.2, 0.25) is 0 Å². The van der Waals surface area contributed by atoms with Crippen LogP contribution in [0.15, 0.2) is 25.3 Å². The van der Waals surface area contributed by atoms with Crippen molar-refractivity contribution >= 4 is 71.5 Å². The summed E-state index contributed by atoms with van der Waals surface area (Å²) in [6.45, 7) is -9.79. The Balaban J connectivity index is 1.17. The number of halogens is 1. The quantitative estimate of drug-likeness (QED) is 0.160. The molecule has 0 spiro atoms. The molecule has 3 aliphatic heterocycles. The predicted octanol–water partition coefficient (Wildman–Crippen LogP) is 0.0134. The molecule has 24 heteroatoms. The Morgan fingerprint density at radius 1 is 0.886 bits per heavy atom. The molecule has 0 bridgehead atoms. The highest BCUT2D eigenvalue weighted by molar-refractivity contribution is 8.32. The Kier molecular flexibility index (Phi) is 7.63. The van der Waals surface area contributed by atoms with Crippen molar-refractivity contribution in [2.45, 2.75) is 49.1 Å². The van der Waals surface area contributed by atoms with Gasteiger partial charge in [0, 0.05) is 0 Å². The minimum Gasteiger partial charge on any atom is -0.660 e. The fourth-order valence-electron chi connectivity index (χ4n) is 5.20. The normalized spacial score (nSPS) is 38.3. The highest BCUT2D eigenvalue weighted by atomic mass is 32.7. The number of nitrogens with zero attached hydrogens (tertiary/aromatic N) is 8. The molecule has 7 rings (SSSR count). The van der Waals surface area contributed by atoms with Crippen LogP contribution in [0.25, 0.3) is 22.3 Å². The lowest BCUT2D eigenvalue weighted by atomic mass is 10.1. The summed E-state index contributed by atoms with van der Waals surface area (Å²) >= 11 is 10.3. The number of aliphatic hydroxyl groups is 1. The van der Waals surface area contributed by atoms with Gasteiger partial charge in [0.1, 0.15) is 54.2 Å². The predicted molar refractivity (Wildman–Crippen MR) is 151 cm³/mol. The summed E-state index contributed by atoms with van der Waals surface area (Å²) in [6.07, 6.45) is -6.77. The Labute approximate surface area is 256 Å². The monoisotopic (exact) mass is 691 g/mol. The summed E-state index contributed by atoms with van der Waals surface area (Å²) in [5, 5.41) is 11.2. The number of hydrogen-bond donors (Lipinski definition) is 4. The average molecular weight is 692 g/mol. The SMILES string of the molecule is Nc1ncnc2c1ncn2[C@@H]1O[C@@H]2COP(=O)([S-])O[C@H]3[C@@H](F)[C@H](n4cnc5c(N)ncnc54)O[C@@H]3COP(O)(=S)O[C@H]2[C@H]1O. The van der Waals surface area contributed by atoms with Crippen molar-refractivity contribution < 1.29 is 46.5 Å². The van der Waals surface area contributed by atoms with Crippen LogP contribution < -0.4 is 11.5 Å². The van der Waals surface area contributed by atoms with Gasteiger partial charge in [-0.1, -0.05) is 0 Å². The summed E-state index contributed by atoms with van der Waals surface area (Å²) in [4.78, 5) is 35.2. The van der Waals surface area contributed by atoms with Crippen molar-refractivity contribution in [3.05, 3.63) is 25.3 Å². The molecule has 10 atom stereocenters. The van der Waals surface area contributed by atoms with Crippen LogP contribution in [0.3, 0.4) is 0 Å². The second kappa shape index (κ2) is 11.1. The molecule has 0 aliphatic carbocycles. The third-order valence-electron chi connectivity index (χ3n) is 7.20. The van der Waals surface area contributed by atoms with E-state index >= 15 is 4.39 Å². The van der Waals surface area contributed by atoms with Crippen molar-refractivity contribution in [3.63, 3.8) is 0 Å². The van der Waals surface area contributed by atoms with Gasteiger partial charge in [0.25, 0.3) is 0 Å². The lowest BCUT2D eigenvalue weighted by molar-refractivity contribution is -0.0570. The Bertz CT molecular complexity index is 1710. The van der Waals surface area contributed by atoms with Crippen LogP contribution in [-0.4, -0.2) is 98.9 Å². The summed E-state index contributed by atoms with van der Waals surface area (Å²) < 4.78 is 65.8. The Morgan fingerprint density at radius 3 is 2.07 bits per heavy atom. The highest BCUT2D eigenvalue weighted by Crippen LogP contribution is 2.55. The molecule has 3 fully saturated rings. The van der Waals surface area contributed by atoms with Crippen LogP contribution in [0.1, 0.15) is 12.5 Å². The molecule has 0 radical (unpaired) electrons. The molecule has 4 aromatic heterocycles. The van der Waals surface area contributed by atoms with E-state index in [0.717, 1.165) is 0 Å². The molecule has 236 valence electrons. The average Bonchev–Trinajstić information content (AvgIpc) is 3.73. The van der Waals surface area contributed by atoms with Crippen LogP contribution in [0.4, 0.5) is 16.0 Å². The largest absolute Gasteiger partial charge is 0.660 e. The molecule has 3 aliphatic rings. The van der Waals surface area contributed by atoms with Gasteiger partial charge in [-0.2, -0.15) is 0 Å². The van der Waals surface area contributed by atoms with Crippen LogP contribution in [-0.2, 0) is 56.2 Å². The number of nitrogens with two attached hydrogens (primary N) is 2. The molecule has 2 unspecified atom stereocenters. The topological polar surface area (TPSA) is 252 Å². The van der Waals surface area contributed by atoms with E-state index < -0.39 is 75.9 Å². The van der Waals surface area contributed by atoms with Gasteiger partial charge in [-0.05, 0) is 11.8 Å². The van der Waals surface area contributed by atoms with Gasteiger partial charge in [-0.3, -0.25) is 18.2 Å². The Morgan fingerprint density at radius 2 is 1.43 bits per heavy atom. The maximum absolute atomic E-state index is 16.0. The van der Waals surface area contributed by atoms with Gasteiger partial charge >= 0.3 is 6.72 Å². The summed E-state index contributed by atoms with van der Waals surface area (Å²) in [5.74, 6) is 0.154. The second-order valence-corrected chi connectivity index (χ2v) is 15.4. The lowest BCUT2D eigenvalue weighted by Gasteiger charge is -2.33. The van der Waals surface area contributed by atoms with Crippen LogP contribution in [0, 0.1) is 0 Å². The molecule has 3 saturated heterocycles. The number of nitrogen functional groups attached to an aromatic ring is 2. The van der Waals surface area contributed by atoms with E-state index in [0.29, 0.717) is 0 Å². The van der Waals surface area contributed by atoms with Crippen molar-refractivity contribution in [2.24, 2.45) is 0 Å². The van der Waals surface area contributed by atoms with E-state index in [2.05, 4.69) is 29.9 Å². The third kappa shape index (κ3) is 5.27. The van der Waals surface area contributed by atoms with Gasteiger partial charge in [-0.25, -0.2) is 34.3 Å². The molecule has 0 saturated carbocycles. The zero-order valence-electron chi connectivity index (χ0n) is 21.9. The van der Waals surface area contributed by atoms with Crippen molar-refractivity contribution in [1.29, 1.82) is 0 Å². The fraction of sp³-hybridized carbons (Fsp3) is 0.500. The molecule has 0 aromatic carbocycles. The number of anilines is 2. The first-order valence-electron chi connectivity index (χ1n) is 12.7. The molecular formula is C20H22FN10O9P2S2-. The molecule has 6 N–H and O–H groups in total. The first-order chi connectivity index (χ1) is 20.9. The van der Waals surface area contributed by atoms with Crippen LogP contribution in [0.5, 0.6) is 0 Å². The molecular weight excluding hydrogens is 669 g/mol. The van der Waals surface area contributed by atoms with Crippen LogP contribution >= 0.6 is 13.5 Å². The van der Waals surface area contributed by atoms with Gasteiger partial charge in [-0.15, -0.1) is 0 Å². The number of imidazole rings is 2. The number of rotatable bonds is 2. The van der Waals surface area contributed by atoms with Crippen molar-refractivity contribution in [2.75, 3.05) is 24.7 Å². The van der Waals surface area contributed by atoms with Crippen molar-refractivity contribution in [1.82, 2.24) is 39.0 Å². The third-order valence-corrected chi connectivity index (χ3v) is 10.3. The minimum absolute atomic E-state index is 0.0608. The fourth-order valence-corrected chi connectivity index (χ4v) is 8.07. The van der Waals surface area contributed by atoms with Gasteiger partial charge in [0.05, 0.1) is 25.9 Å². The van der Waals surface area contributed by atoms with E-state index in [1.54, 1.807) is 0 Å². The van der Waals surface area contributed by atoms with Gasteiger partial charge in [0.15, 0.2) is 48.4 Å². The molecule has 4 aromatic rings. The second-order valence-electron chi connectivity index (χ2n) is 9.88. The lowest BCUT2D eigenvalue weighted by Crippen LogP contribution is -2.38. The van der Waals surface area contributed by atoms with Crippen LogP contribution in [0.2, 0.25) is 0 Å². The van der Waals surface area contributed by atoms with E-state index in [-0.39, 0.29) is 34.0 Å². The maximum atomic E-state index is 16.0. The first-order valence-corrected chi connectivity index (χ1v) is 17.9. The molecule has 7 heterocycles. The maximum Gasteiger partial charge on any atom is 0.325 e. The van der Waals surface area contributed by atoms with Crippen molar-refractivity contribution in [3.8, 4) is 0 Å². The number of ether oxygens (including phenoxy) is 2. The standard InChI is InChI=1S/C20H23FN10O9P2S2/c21-9-13-7(37-19(9)30-5-28-10-15(22)24-3-26-17(10)30)1-35-42(34,44)40-14-8(2-36-41(33,43)39-13)38-20(12(14)32)31-6-29-11-16(23)25-4-27-18(11)31/h3-9,12-14,19-20,32H,1-2H2,(H,33,43)(H,34,44)(H2,22,24,26)(H2,23,25,27)/p-1/t7-,8-,9-,12-,13-,14-,19-,20-,41?,42?/m1/s1. The number of aliphatic hydroxyl groups excluding tert-OH is 1. The summed E-state index contributed by atoms with van der Waals surface area (Å²) in [7, 11) is 0. The first kappa shape index (κ1) is 30.2. The van der Waals surface area contributed by atoms with Gasteiger partial charge < -0.3 is 56.8 Å². The molecule has 44 heavy (non-hydrogen) atoms. The number of alkyl halides is 1. The van der Waals surface area contributed by atoms with E-state index in [1.807, 2.05) is 0 Å². The smallest absolute Gasteiger partial charge is 0.325 e. The van der Waals surface area contributed by atoms with E-state index in [9.17, 15) is 14.6 Å². The Hall–Kier alpha value is -2.46. The highest BCUT2D eigenvalue weighted by Gasteiger charge is 2.52. The zero-order chi connectivity index (χ0) is 31.0. The number of fused-ring (bicyclic) bond motifs is 4. The van der Waals surface area contributed by atoms with E-state index in [1.165, 1.54) is 34.4 Å². The molecule has 0 amide bonds. The summed E-state index contributed by atoms with van der Waals surface area (Å²) in [5.41, 5.74) is 12.5.